The third kappa shape index (κ3) is 5.21. The molecule has 1 aliphatic heterocycles. The molecular formula is C24H32N2O4S. The lowest BCUT2D eigenvalue weighted by molar-refractivity contribution is -0.130. The van der Waals surface area contributed by atoms with Crippen LogP contribution in [-0.4, -0.2) is 43.7 Å². The van der Waals surface area contributed by atoms with Crippen molar-refractivity contribution in [2.75, 3.05) is 20.1 Å². The van der Waals surface area contributed by atoms with Gasteiger partial charge in [-0.2, -0.15) is 4.31 Å². The van der Waals surface area contributed by atoms with Crippen molar-refractivity contribution >= 4 is 15.9 Å². The van der Waals surface area contributed by atoms with Gasteiger partial charge in [-0.15, -0.1) is 0 Å². The van der Waals surface area contributed by atoms with E-state index in [4.69, 9.17) is 4.42 Å². The summed E-state index contributed by atoms with van der Waals surface area (Å²) in [4.78, 5) is 14.6. The maximum atomic E-state index is 12.7. The topological polar surface area (TPSA) is 70.8 Å². The summed E-state index contributed by atoms with van der Waals surface area (Å²) < 4.78 is 33.0. The quantitative estimate of drug-likeness (QED) is 0.613. The molecule has 168 valence electrons. The molecule has 2 heterocycles. The number of benzene rings is 1. The van der Waals surface area contributed by atoms with Gasteiger partial charge in [-0.05, 0) is 61.4 Å². The van der Waals surface area contributed by atoms with E-state index in [1.165, 1.54) is 6.42 Å². The van der Waals surface area contributed by atoms with Crippen molar-refractivity contribution < 1.29 is 17.6 Å². The van der Waals surface area contributed by atoms with Crippen LogP contribution in [0.15, 0.2) is 45.7 Å². The fraction of sp³-hybridized carbons (Fsp3) is 0.542. The molecule has 0 spiro atoms. The fourth-order valence-electron chi connectivity index (χ4n) is 4.24. The first-order valence-electron chi connectivity index (χ1n) is 11.3. The van der Waals surface area contributed by atoms with E-state index in [1.807, 2.05) is 24.3 Å². The Morgan fingerprint density at radius 2 is 1.77 bits per heavy atom. The van der Waals surface area contributed by atoms with Gasteiger partial charge in [-0.1, -0.05) is 25.5 Å². The zero-order chi connectivity index (χ0) is 22.0. The van der Waals surface area contributed by atoms with Crippen molar-refractivity contribution in [3.05, 3.63) is 53.5 Å². The molecule has 1 aromatic heterocycles. The largest absolute Gasteiger partial charge is 0.464 e. The molecule has 31 heavy (non-hydrogen) atoms. The third-order valence-corrected chi connectivity index (χ3v) is 8.39. The van der Waals surface area contributed by atoms with Gasteiger partial charge in [0.1, 0.15) is 11.5 Å². The van der Waals surface area contributed by atoms with Crippen LogP contribution in [0.3, 0.4) is 0 Å². The Kier molecular flexibility index (Phi) is 6.53. The summed E-state index contributed by atoms with van der Waals surface area (Å²) in [6.45, 7) is 3.88. The summed E-state index contributed by atoms with van der Waals surface area (Å²) >= 11 is 0. The molecule has 7 heteroatoms. The fourth-order valence-corrected chi connectivity index (χ4v) is 5.76. The number of nitrogens with zero attached hydrogens (tertiary/aromatic N) is 2. The highest BCUT2D eigenvalue weighted by atomic mass is 32.2. The van der Waals surface area contributed by atoms with Crippen molar-refractivity contribution in [2.45, 2.75) is 62.8 Å². The minimum absolute atomic E-state index is 0.0442. The molecule has 2 aliphatic rings. The molecule has 2 fully saturated rings. The molecule has 1 saturated carbocycles. The van der Waals surface area contributed by atoms with E-state index in [1.54, 1.807) is 28.4 Å². The Morgan fingerprint density at radius 1 is 1.10 bits per heavy atom. The number of carbonyl (C=O) groups excluding carboxylic acids is 1. The first-order chi connectivity index (χ1) is 14.8. The van der Waals surface area contributed by atoms with Gasteiger partial charge in [0.2, 0.25) is 15.9 Å². The van der Waals surface area contributed by atoms with Crippen LogP contribution in [0.25, 0.3) is 0 Å². The second kappa shape index (κ2) is 9.17. The van der Waals surface area contributed by atoms with Gasteiger partial charge in [-0.25, -0.2) is 8.42 Å². The first kappa shape index (κ1) is 22.1. The molecule has 4 rings (SSSR count). The average Bonchev–Trinajstić information content (AvgIpc) is 3.33. The third-order valence-electron chi connectivity index (χ3n) is 6.48. The molecule has 0 bridgehead atoms. The number of hydrogen-bond acceptors (Lipinski definition) is 4. The Hall–Kier alpha value is -2.12. The number of aryl methyl sites for hydroxylation is 1. The molecule has 2 aromatic rings. The maximum absolute atomic E-state index is 12.7. The molecule has 0 unspecified atom stereocenters. The summed E-state index contributed by atoms with van der Waals surface area (Å²) in [5.74, 6) is 3.12. The van der Waals surface area contributed by atoms with Crippen LogP contribution in [0.5, 0.6) is 0 Å². The summed E-state index contributed by atoms with van der Waals surface area (Å²) in [7, 11) is -1.62. The Balaban J connectivity index is 1.28. The number of rotatable bonds is 8. The Bertz CT molecular complexity index is 1010. The van der Waals surface area contributed by atoms with Crippen LogP contribution >= 0.6 is 0 Å². The second-order valence-electron chi connectivity index (χ2n) is 8.98. The van der Waals surface area contributed by atoms with Crippen LogP contribution in [-0.2, 0) is 27.8 Å². The minimum atomic E-state index is -3.41. The predicted octanol–water partition coefficient (Wildman–Crippen LogP) is 4.17. The van der Waals surface area contributed by atoms with Crippen LogP contribution in [0, 0.1) is 5.92 Å². The highest BCUT2D eigenvalue weighted by Gasteiger charge is 2.36. The highest BCUT2D eigenvalue weighted by Crippen LogP contribution is 2.47. The van der Waals surface area contributed by atoms with E-state index in [0.29, 0.717) is 49.2 Å². The first-order valence-corrected chi connectivity index (χ1v) is 12.7. The summed E-state index contributed by atoms with van der Waals surface area (Å²) in [5.41, 5.74) is 0.961. The second-order valence-corrected chi connectivity index (χ2v) is 10.9. The van der Waals surface area contributed by atoms with Gasteiger partial charge < -0.3 is 9.32 Å². The normalized spacial score (nSPS) is 21.7. The molecule has 1 saturated heterocycles. The van der Waals surface area contributed by atoms with Crippen LogP contribution in [0.4, 0.5) is 0 Å². The van der Waals surface area contributed by atoms with Crippen LogP contribution < -0.4 is 0 Å². The van der Waals surface area contributed by atoms with E-state index in [2.05, 4.69) is 6.92 Å². The van der Waals surface area contributed by atoms with Gasteiger partial charge in [0.15, 0.2) is 0 Å². The monoisotopic (exact) mass is 444 g/mol. The van der Waals surface area contributed by atoms with Crippen molar-refractivity contribution in [3.63, 3.8) is 0 Å². The molecule has 1 aromatic carbocycles. The van der Waals surface area contributed by atoms with E-state index in [-0.39, 0.29) is 5.91 Å². The molecule has 2 atom stereocenters. The Morgan fingerprint density at radius 3 is 2.42 bits per heavy atom. The lowest BCUT2D eigenvalue weighted by Gasteiger charge is -2.25. The lowest BCUT2D eigenvalue weighted by atomic mass is 10.1. The van der Waals surface area contributed by atoms with Crippen LogP contribution in [0.1, 0.15) is 62.0 Å². The minimum Gasteiger partial charge on any atom is -0.464 e. The van der Waals surface area contributed by atoms with Crippen molar-refractivity contribution in [3.8, 4) is 0 Å². The zero-order valence-corrected chi connectivity index (χ0v) is 19.2. The SMILES string of the molecule is C[C@H]1C[C@H]1c1ccc(CN(C)C(=O)CCc2ccc(S(=O)(=O)N3CCCCC3)cc2)o1. The predicted molar refractivity (Wildman–Crippen MR) is 119 cm³/mol. The molecule has 0 radical (unpaired) electrons. The summed E-state index contributed by atoms with van der Waals surface area (Å²) in [6.07, 6.45) is 5.07. The standard InChI is InChI=1S/C24H32N2O4S/c1-18-16-22(18)23-12-9-20(30-23)17-25(2)24(27)13-8-19-6-10-21(11-7-19)31(28,29)26-14-4-3-5-15-26/h6-7,9-12,18,22H,3-5,8,13-17H2,1-2H3/t18-,22+/m0/s1. The number of hydrogen-bond donors (Lipinski definition) is 0. The van der Waals surface area contributed by atoms with Gasteiger partial charge in [0.25, 0.3) is 0 Å². The summed E-state index contributed by atoms with van der Waals surface area (Å²) in [5, 5.41) is 0. The van der Waals surface area contributed by atoms with Crippen molar-refractivity contribution in [1.29, 1.82) is 0 Å². The molecule has 1 aliphatic carbocycles. The van der Waals surface area contributed by atoms with Gasteiger partial charge in [-0.3, -0.25) is 4.79 Å². The smallest absolute Gasteiger partial charge is 0.243 e. The number of furan rings is 1. The average molecular weight is 445 g/mol. The highest BCUT2D eigenvalue weighted by molar-refractivity contribution is 7.89. The van der Waals surface area contributed by atoms with Crippen molar-refractivity contribution in [1.82, 2.24) is 9.21 Å². The van der Waals surface area contributed by atoms with Crippen LogP contribution in [0.2, 0.25) is 0 Å². The number of amides is 1. The maximum Gasteiger partial charge on any atom is 0.243 e. The summed E-state index contributed by atoms with van der Waals surface area (Å²) in [6, 6.07) is 11.0. The Labute approximate surface area is 185 Å². The van der Waals surface area contributed by atoms with E-state index in [9.17, 15) is 13.2 Å². The molecular weight excluding hydrogens is 412 g/mol. The van der Waals surface area contributed by atoms with Crippen molar-refractivity contribution in [2.24, 2.45) is 5.92 Å². The number of piperidine rings is 1. The van der Waals surface area contributed by atoms with E-state index >= 15 is 0 Å². The number of sulfonamides is 1. The molecule has 1 amide bonds. The van der Waals surface area contributed by atoms with Gasteiger partial charge in [0.05, 0.1) is 11.4 Å². The molecule has 6 nitrogen and oxygen atoms in total. The van der Waals surface area contributed by atoms with Gasteiger partial charge in [0, 0.05) is 32.5 Å². The van der Waals surface area contributed by atoms with E-state index < -0.39 is 10.0 Å². The lowest BCUT2D eigenvalue weighted by Crippen LogP contribution is -2.35. The zero-order valence-electron chi connectivity index (χ0n) is 18.4. The molecule has 0 N–H and O–H groups in total. The number of carbonyl (C=O) groups is 1. The van der Waals surface area contributed by atoms with Gasteiger partial charge >= 0.3 is 0 Å². The van der Waals surface area contributed by atoms with E-state index in [0.717, 1.165) is 36.3 Å².